The van der Waals surface area contributed by atoms with Crippen molar-refractivity contribution in [3.05, 3.63) is 128 Å². The van der Waals surface area contributed by atoms with Gasteiger partial charge in [0.1, 0.15) is 12.8 Å². The van der Waals surface area contributed by atoms with Gasteiger partial charge >= 0.3 is 11.9 Å². The molecule has 0 aromatic heterocycles. The number of ether oxygens (including phenoxy) is 2. The Morgan fingerprint density at radius 2 is 1.54 bits per heavy atom. The molecular formula is C32H29Cl2FN2O4. The molecule has 0 amide bonds. The SMILES string of the molecule is COC(=O)C1=C(CF)NC(C)=C(C(=O)OC2CN(C(c3ccccc3)c3ccccc3)C2)C1c1cccc(Cl)c1Cl. The summed E-state index contributed by atoms with van der Waals surface area (Å²) >= 11 is 12.9. The van der Waals surface area contributed by atoms with Gasteiger partial charge in [-0.1, -0.05) is 96.0 Å². The Bertz CT molecular complexity index is 1470. The Hall–Kier alpha value is -3.65. The maximum Gasteiger partial charge on any atom is 0.337 e. The van der Waals surface area contributed by atoms with Crippen LogP contribution in [0.15, 0.2) is 101 Å². The molecule has 1 N–H and O–H groups in total. The fourth-order valence-electron chi connectivity index (χ4n) is 5.53. The van der Waals surface area contributed by atoms with Crippen LogP contribution in [0.4, 0.5) is 4.39 Å². The van der Waals surface area contributed by atoms with Crippen molar-refractivity contribution in [2.45, 2.75) is 25.0 Å². The number of alkyl halides is 1. The zero-order chi connectivity index (χ0) is 29.1. The molecule has 6 nitrogen and oxygen atoms in total. The van der Waals surface area contributed by atoms with E-state index in [1.807, 2.05) is 36.4 Å². The molecule has 1 saturated heterocycles. The van der Waals surface area contributed by atoms with Gasteiger partial charge < -0.3 is 14.8 Å². The Morgan fingerprint density at radius 3 is 2.10 bits per heavy atom. The second-order valence-corrected chi connectivity index (χ2v) is 10.7. The van der Waals surface area contributed by atoms with E-state index in [9.17, 15) is 14.0 Å². The molecule has 9 heteroatoms. The number of hydrogen-bond donors (Lipinski definition) is 1. The van der Waals surface area contributed by atoms with Crippen LogP contribution in [0, 0.1) is 0 Å². The number of nitrogens with zero attached hydrogens (tertiary/aromatic N) is 1. The van der Waals surface area contributed by atoms with Crippen molar-refractivity contribution < 1.29 is 23.5 Å². The quantitative estimate of drug-likeness (QED) is 0.306. The molecule has 0 saturated carbocycles. The number of methoxy groups -OCH3 is 1. The lowest BCUT2D eigenvalue weighted by Crippen LogP contribution is -2.54. The fourth-order valence-corrected chi connectivity index (χ4v) is 5.95. The molecule has 5 rings (SSSR count). The number of benzene rings is 3. The minimum atomic E-state index is -1.04. The standard InChI is InChI=1S/C32H29Cl2FN2O4/c1-19-26(27(23-14-9-15-24(33)29(23)34)28(31(38)40-2)25(16-35)36-19)32(39)41-22-17-37(18-22)30(20-10-5-3-6-11-20)21-12-7-4-8-13-21/h3-15,22,27,30,36H,16-18H2,1-2H3. The largest absolute Gasteiger partial charge is 0.466 e. The van der Waals surface area contributed by atoms with Crippen molar-refractivity contribution in [2.75, 3.05) is 26.9 Å². The van der Waals surface area contributed by atoms with E-state index in [1.54, 1.807) is 25.1 Å². The number of rotatable bonds is 8. The molecule has 1 fully saturated rings. The van der Waals surface area contributed by atoms with Crippen LogP contribution in [-0.4, -0.2) is 49.8 Å². The first-order valence-electron chi connectivity index (χ1n) is 13.2. The summed E-state index contributed by atoms with van der Waals surface area (Å²) in [6, 6.07) is 25.2. The van der Waals surface area contributed by atoms with Crippen molar-refractivity contribution in [1.29, 1.82) is 0 Å². The first-order chi connectivity index (χ1) is 19.8. The second kappa shape index (κ2) is 12.5. The smallest absolute Gasteiger partial charge is 0.337 e. The maximum absolute atomic E-state index is 14.1. The predicted molar refractivity (Wildman–Crippen MR) is 156 cm³/mol. The van der Waals surface area contributed by atoms with Gasteiger partial charge in [-0.15, -0.1) is 0 Å². The normalized spacial score (nSPS) is 17.8. The highest BCUT2D eigenvalue weighted by Crippen LogP contribution is 2.44. The number of esters is 2. The van der Waals surface area contributed by atoms with Gasteiger partial charge in [0, 0.05) is 18.8 Å². The monoisotopic (exact) mass is 594 g/mol. The molecule has 1 atom stereocenters. The third-order valence-corrected chi connectivity index (χ3v) is 8.28. The van der Waals surface area contributed by atoms with Gasteiger partial charge in [-0.05, 0) is 29.7 Å². The van der Waals surface area contributed by atoms with Crippen LogP contribution in [0.3, 0.4) is 0 Å². The average Bonchev–Trinajstić information content (AvgIpc) is 2.97. The fraction of sp³-hybridized carbons (Fsp3) is 0.250. The molecule has 2 heterocycles. The first-order valence-corrected chi connectivity index (χ1v) is 13.9. The molecule has 1 unspecified atom stereocenters. The molecule has 3 aromatic rings. The summed E-state index contributed by atoms with van der Waals surface area (Å²) in [4.78, 5) is 28.9. The number of likely N-dealkylation sites (tertiary alicyclic amines) is 1. The molecule has 0 radical (unpaired) electrons. The molecule has 0 aliphatic carbocycles. The number of halogens is 3. The highest BCUT2D eigenvalue weighted by atomic mass is 35.5. The van der Waals surface area contributed by atoms with E-state index in [0.29, 0.717) is 24.4 Å². The molecule has 3 aromatic carbocycles. The van der Waals surface area contributed by atoms with Crippen molar-refractivity contribution >= 4 is 35.1 Å². The highest BCUT2D eigenvalue weighted by Gasteiger charge is 2.42. The van der Waals surface area contributed by atoms with Crippen LogP contribution in [0.2, 0.25) is 10.0 Å². The highest BCUT2D eigenvalue weighted by molar-refractivity contribution is 6.42. The maximum atomic E-state index is 14.1. The lowest BCUT2D eigenvalue weighted by Gasteiger charge is -2.44. The van der Waals surface area contributed by atoms with Crippen LogP contribution >= 0.6 is 23.2 Å². The van der Waals surface area contributed by atoms with Gasteiger partial charge in [0.05, 0.1) is 46.0 Å². The van der Waals surface area contributed by atoms with E-state index in [0.717, 1.165) is 11.1 Å². The van der Waals surface area contributed by atoms with Crippen LogP contribution in [-0.2, 0) is 19.1 Å². The number of hydrogen-bond acceptors (Lipinski definition) is 6. The van der Waals surface area contributed by atoms with Gasteiger partial charge in [0.2, 0.25) is 0 Å². The summed E-state index contributed by atoms with van der Waals surface area (Å²) in [6.45, 7) is 1.69. The zero-order valence-corrected chi connectivity index (χ0v) is 24.1. The van der Waals surface area contributed by atoms with Crippen LogP contribution < -0.4 is 5.32 Å². The molecule has 2 aliphatic heterocycles. The topological polar surface area (TPSA) is 67.9 Å². The van der Waals surface area contributed by atoms with Crippen molar-refractivity contribution in [2.24, 2.45) is 0 Å². The van der Waals surface area contributed by atoms with Gasteiger partial charge in [0.25, 0.3) is 0 Å². The molecule has 41 heavy (non-hydrogen) atoms. The van der Waals surface area contributed by atoms with E-state index in [4.69, 9.17) is 32.7 Å². The molecule has 2 aliphatic rings. The Labute approximate surface area is 248 Å². The second-order valence-electron chi connectivity index (χ2n) is 9.96. The summed E-state index contributed by atoms with van der Waals surface area (Å²) < 4.78 is 25.1. The third-order valence-electron chi connectivity index (χ3n) is 7.44. The van der Waals surface area contributed by atoms with E-state index < -0.39 is 24.5 Å². The van der Waals surface area contributed by atoms with Crippen LogP contribution in [0.25, 0.3) is 0 Å². The number of dihydropyridines is 1. The number of allylic oxidation sites excluding steroid dienone is 2. The average molecular weight is 595 g/mol. The number of nitrogens with one attached hydrogen (secondary N) is 1. The van der Waals surface area contributed by atoms with Gasteiger partial charge in [-0.2, -0.15) is 0 Å². The van der Waals surface area contributed by atoms with Gasteiger partial charge in [0.15, 0.2) is 0 Å². The van der Waals surface area contributed by atoms with Gasteiger partial charge in [-0.3, -0.25) is 4.90 Å². The summed E-state index contributed by atoms with van der Waals surface area (Å²) in [6.07, 6.45) is -0.388. The predicted octanol–water partition coefficient (Wildman–Crippen LogP) is 6.37. The summed E-state index contributed by atoms with van der Waals surface area (Å²) in [5.74, 6) is -2.45. The Morgan fingerprint density at radius 1 is 0.927 bits per heavy atom. The molecule has 0 spiro atoms. The van der Waals surface area contributed by atoms with Crippen molar-refractivity contribution in [1.82, 2.24) is 10.2 Å². The lowest BCUT2D eigenvalue weighted by atomic mass is 9.80. The lowest BCUT2D eigenvalue weighted by molar-refractivity contribution is -0.154. The molecular weight excluding hydrogens is 566 g/mol. The number of carbonyl (C=O) groups is 2. The van der Waals surface area contributed by atoms with Gasteiger partial charge in [-0.25, -0.2) is 14.0 Å². The van der Waals surface area contributed by atoms with E-state index in [-0.39, 0.29) is 39.0 Å². The Balaban J connectivity index is 1.42. The minimum Gasteiger partial charge on any atom is -0.466 e. The number of carbonyl (C=O) groups excluding carboxylic acids is 2. The van der Waals surface area contributed by atoms with Crippen molar-refractivity contribution in [3.63, 3.8) is 0 Å². The summed E-state index contributed by atoms with van der Waals surface area (Å²) in [5.41, 5.74) is 3.10. The van der Waals surface area contributed by atoms with E-state index >= 15 is 0 Å². The Kier molecular flexibility index (Phi) is 8.78. The first kappa shape index (κ1) is 28.9. The molecule has 212 valence electrons. The zero-order valence-electron chi connectivity index (χ0n) is 22.6. The van der Waals surface area contributed by atoms with Crippen LogP contribution in [0.5, 0.6) is 0 Å². The summed E-state index contributed by atoms with van der Waals surface area (Å²) in [7, 11) is 1.20. The third kappa shape index (κ3) is 5.75. The van der Waals surface area contributed by atoms with E-state index in [1.165, 1.54) is 7.11 Å². The van der Waals surface area contributed by atoms with Crippen LogP contribution in [0.1, 0.15) is 35.6 Å². The van der Waals surface area contributed by atoms with E-state index in [2.05, 4.69) is 34.5 Å². The molecule has 0 bridgehead atoms. The minimum absolute atomic E-state index is 0.00337. The van der Waals surface area contributed by atoms with Crippen molar-refractivity contribution in [3.8, 4) is 0 Å². The summed E-state index contributed by atoms with van der Waals surface area (Å²) in [5, 5.41) is 3.26.